The van der Waals surface area contributed by atoms with Crippen molar-refractivity contribution in [3.8, 4) is 0 Å². The molecular weight excluding hydrogens is 622 g/mol. The number of carbonyl (C=O) groups is 1. The summed E-state index contributed by atoms with van der Waals surface area (Å²) in [6.45, 7) is 0. The number of fused-ring (bicyclic) bond motifs is 3. The van der Waals surface area contributed by atoms with Crippen LogP contribution >= 0.6 is 58.2 Å². The molecule has 6 rings (SSSR count). The van der Waals surface area contributed by atoms with Gasteiger partial charge in [0.05, 0.1) is 21.2 Å². The van der Waals surface area contributed by atoms with Gasteiger partial charge >= 0.3 is 0 Å². The number of nitrogens with one attached hydrogen (secondary N) is 1. The topological polar surface area (TPSA) is 72.2 Å². The fourth-order valence-electron chi connectivity index (χ4n) is 6.04. The number of anilines is 1. The van der Waals surface area contributed by atoms with Crippen molar-refractivity contribution in [3.05, 3.63) is 132 Å². The van der Waals surface area contributed by atoms with E-state index in [1.807, 2.05) is 30.3 Å². The number of para-hydroxylation sites is 1. The van der Waals surface area contributed by atoms with E-state index in [1.54, 1.807) is 48.5 Å². The van der Waals surface area contributed by atoms with E-state index in [2.05, 4.69) is 5.32 Å². The molecule has 1 heterocycles. The summed E-state index contributed by atoms with van der Waals surface area (Å²) in [5.74, 6) is -0.403. The molecule has 2 aliphatic rings. The number of hydrogen-bond acceptors (Lipinski definition) is 5. The van der Waals surface area contributed by atoms with Crippen molar-refractivity contribution in [3.63, 3.8) is 0 Å². The zero-order valence-electron chi connectivity index (χ0n) is 21.3. The van der Waals surface area contributed by atoms with E-state index >= 15 is 0 Å². The molecule has 208 valence electrons. The highest BCUT2D eigenvalue weighted by Crippen LogP contribution is 2.59. The average molecular weight is 644 g/mol. The Bertz CT molecular complexity index is 1670. The quantitative estimate of drug-likeness (QED) is 0.0980. The lowest BCUT2D eigenvalue weighted by Crippen LogP contribution is -2.32. The lowest BCUT2D eigenvalue weighted by Gasteiger charge is -2.39. The predicted octanol–water partition coefficient (Wildman–Crippen LogP) is 9.82. The number of carbonyl (C=O) groups excluding carboxylic acids is 1. The van der Waals surface area contributed by atoms with Gasteiger partial charge in [-0.3, -0.25) is 14.9 Å². The van der Waals surface area contributed by atoms with E-state index in [4.69, 9.17) is 46.4 Å². The van der Waals surface area contributed by atoms with E-state index in [1.165, 1.54) is 17.8 Å². The minimum absolute atomic E-state index is 0.0397. The normalized spacial score (nSPS) is 22.9. The van der Waals surface area contributed by atoms with Crippen LogP contribution in [-0.2, 0) is 0 Å². The summed E-state index contributed by atoms with van der Waals surface area (Å²) in [5.41, 5.74) is 3.40. The second-order valence-corrected chi connectivity index (χ2v) is 13.2. The van der Waals surface area contributed by atoms with Crippen molar-refractivity contribution in [2.75, 3.05) is 5.32 Å². The van der Waals surface area contributed by atoms with Gasteiger partial charge in [-0.2, -0.15) is 0 Å². The van der Waals surface area contributed by atoms with Gasteiger partial charge < -0.3 is 5.32 Å². The molecule has 5 nitrogen and oxygen atoms in total. The van der Waals surface area contributed by atoms with Crippen LogP contribution in [0.5, 0.6) is 0 Å². The number of benzene rings is 4. The van der Waals surface area contributed by atoms with Crippen LogP contribution in [0.1, 0.15) is 45.4 Å². The predicted molar refractivity (Wildman–Crippen MR) is 167 cm³/mol. The fourth-order valence-corrected chi connectivity index (χ4v) is 8.74. The minimum Gasteiger partial charge on any atom is -0.377 e. The second-order valence-electron chi connectivity index (χ2n) is 10.2. The lowest BCUT2D eigenvalue weighted by molar-refractivity contribution is -0.387. The third-order valence-corrected chi connectivity index (χ3v) is 10.7. The average Bonchev–Trinajstić information content (AvgIpc) is 3.28. The Morgan fingerprint density at radius 1 is 0.902 bits per heavy atom. The number of nitrogens with zero attached hydrogens (tertiary/aromatic N) is 1. The van der Waals surface area contributed by atoms with Crippen molar-refractivity contribution >= 4 is 75.3 Å². The largest absolute Gasteiger partial charge is 0.377 e. The molecule has 1 saturated carbocycles. The van der Waals surface area contributed by atoms with Gasteiger partial charge in [-0.25, -0.2) is 0 Å². The number of alkyl halides is 1. The first-order chi connectivity index (χ1) is 19.7. The Balaban J connectivity index is 1.48. The van der Waals surface area contributed by atoms with Gasteiger partial charge in [-0.1, -0.05) is 83.3 Å². The van der Waals surface area contributed by atoms with Gasteiger partial charge in [0.25, 0.3) is 5.69 Å². The van der Waals surface area contributed by atoms with E-state index in [0.29, 0.717) is 43.2 Å². The van der Waals surface area contributed by atoms with Gasteiger partial charge in [-0.05, 0) is 53.8 Å². The summed E-state index contributed by atoms with van der Waals surface area (Å²) in [4.78, 5) is 25.7. The fraction of sp³-hybridized carbons (Fsp3) is 0.194. The number of nitro groups is 1. The molecule has 41 heavy (non-hydrogen) atoms. The molecule has 0 aromatic heterocycles. The highest BCUT2D eigenvalue weighted by molar-refractivity contribution is 8.00. The van der Waals surface area contributed by atoms with Crippen molar-refractivity contribution in [2.45, 2.75) is 33.9 Å². The zero-order valence-corrected chi connectivity index (χ0v) is 25.1. The van der Waals surface area contributed by atoms with Gasteiger partial charge in [0.1, 0.15) is 0 Å². The molecule has 1 fully saturated rings. The Morgan fingerprint density at radius 2 is 1.63 bits per heavy atom. The van der Waals surface area contributed by atoms with Crippen LogP contribution in [0.3, 0.4) is 0 Å². The second kappa shape index (κ2) is 11.5. The number of hydrogen-bond donors (Lipinski definition) is 1. The van der Waals surface area contributed by atoms with Crippen molar-refractivity contribution < 1.29 is 9.72 Å². The van der Waals surface area contributed by atoms with Crippen LogP contribution < -0.4 is 5.32 Å². The van der Waals surface area contributed by atoms with Crippen LogP contribution in [0, 0.1) is 16.0 Å². The maximum absolute atomic E-state index is 13.8. The molecule has 4 aromatic rings. The van der Waals surface area contributed by atoms with E-state index in [9.17, 15) is 14.9 Å². The van der Waals surface area contributed by atoms with Crippen LogP contribution in [-0.4, -0.2) is 21.3 Å². The van der Waals surface area contributed by atoms with E-state index < -0.39 is 5.38 Å². The minimum atomic E-state index is -0.405. The number of halogens is 4. The molecule has 0 unspecified atom stereocenters. The van der Waals surface area contributed by atoms with Gasteiger partial charge in [-0.15, -0.1) is 23.4 Å². The molecule has 4 aromatic carbocycles. The van der Waals surface area contributed by atoms with Gasteiger partial charge in [0, 0.05) is 49.1 Å². The van der Waals surface area contributed by atoms with E-state index in [-0.39, 0.29) is 39.5 Å². The number of rotatable bonds is 6. The molecule has 1 N–H and O–H groups in total. The summed E-state index contributed by atoms with van der Waals surface area (Å²) < 4.78 is 0. The third-order valence-electron chi connectivity index (χ3n) is 7.80. The molecule has 0 amide bonds. The highest BCUT2D eigenvalue weighted by Gasteiger charge is 2.51. The summed E-state index contributed by atoms with van der Waals surface area (Å²) in [6.07, 6.45) is 0.653. The molecular formula is C31H22Cl4N2O3S. The van der Waals surface area contributed by atoms with Gasteiger partial charge in [0.15, 0.2) is 5.78 Å². The Labute approximate surface area is 261 Å². The maximum atomic E-state index is 13.8. The summed E-state index contributed by atoms with van der Waals surface area (Å²) in [7, 11) is 0. The Hall–Kier alpha value is -2.74. The molecule has 1 aliphatic heterocycles. The highest BCUT2D eigenvalue weighted by atomic mass is 35.5. The van der Waals surface area contributed by atoms with Crippen molar-refractivity contribution in [1.29, 1.82) is 0 Å². The third kappa shape index (κ3) is 5.33. The standard InChI is InChI=1S/C31H22Cl4N2O3S/c32-17-10-11-19(23(34)14-17)29-21-15-26(41-25-9-5-4-8-24(25)37(39)40)28(35)27(21)20-12-18(33)13-22(30(20)36-29)31(38)16-6-2-1-3-7-16/h1-14,21,26-29,36H,15H2/t21-,26+,27-,28+,29-/m1/s1. The first kappa shape index (κ1) is 28.4. The first-order valence-corrected chi connectivity index (χ1v) is 15.4. The summed E-state index contributed by atoms with van der Waals surface area (Å²) >= 11 is 28.3. The molecule has 0 bridgehead atoms. The van der Waals surface area contributed by atoms with Crippen molar-refractivity contribution in [2.24, 2.45) is 5.92 Å². The molecule has 0 spiro atoms. The maximum Gasteiger partial charge on any atom is 0.282 e. The monoisotopic (exact) mass is 642 g/mol. The van der Waals surface area contributed by atoms with Crippen molar-refractivity contribution in [1.82, 2.24) is 0 Å². The molecule has 0 radical (unpaired) electrons. The smallest absolute Gasteiger partial charge is 0.282 e. The zero-order chi connectivity index (χ0) is 28.8. The molecule has 1 aliphatic carbocycles. The van der Waals surface area contributed by atoms with Crippen LogP contribution in [0.4, 0.5) is 11.4 Å². The Kier molecular flexibility index (Phi) is 7.96. The first-order valence-electron chi connectivity index (χ1n) is 12.9. The molecule has 10 heteroatoms. The lowest BCUT2D eigenvalue weighted by atomic mass is 9.76. The SMILES string of the molecule is O=C(c1ccccc1)c1cc(Cl)cc2c1N[C@H](c1ccc(Cl)cc1Cl)[C@@H]1C[C@H](Sc3ccccc3[N+](=O)[O-])[C@H](Cl)[C@H]21. The van der Waals surface area contributed by atoms with Crippen LogP contribution in [0.2, 0.25) is 15.1 Å². The van der Waals surface area contributed by atoms with E-state index in [0.717, 1.165) is 11.1 Å². The van der Waals surface area contributed by atoms with Crippen LogP contribution in [0.15, 0.2) is 89.8 Å². The number of ketones is 1. The summed E-state index contributed by atoms with van der Waals surface area (Å²) in [5, 5.41) is 16.3. The number of thioether (sulfide) groups is 1. The van der Waals surface area contributed by atoms with Gasteiger partial charge in [0.2, 0.25) is 0 Å². The molecule has 5 atom stereocenters. The Morgan fingerprint density at radius 3 is 2.37 bits per heavy atom. The number of nitro benzene ring substituents is 1. The summed E-state index contributed by atoms with van der Waals surface area (Å²) in [6, 6.07) is 24.4. The molecule has 0 saturated heterocycles. The van der Waals surface area contributed by atoms with Crippen LogP contribution in [0.25, 0.3) is 0 Å².